The second kappa shape index (κ2) is 5.09. The van der Waals surface area contributed by atoms with Gasteiger partial charge in [0.05, 0.1) is 25.5 Å². The number of nitrogens with zero attached hydrogens (tertiary/aromatic N) is 3. The first kappa shape index (κ1) is 13.1. The Kier molecular flexibility index (Phi) is 3.50. The maximum Gasteiger partial charge on any atom is 0.358 e. The highest BCUT2D eigenvalue weighted by Gasteiger charge is 2.17. The lowest BCUT2D eigenvalue weighted by molar-refractivity contribution is 0.0593. The van der Waals surface area contributed by atoms with Crippen molar-refractivity contribution >= 4 is 5.97 Å². The first-order chi connectivity index (χ1) is 9.06. The van der Waals surface area contributed by atoms with Crippen molar-refractivity contribution in [1.29, 1.82) is 0 Å². The Hall–Kier alpha value is -2.37. The Bertz CT molecular complexity index is 620. The first-order valence-corrected chi connectivity index (χ1v) is 5.70. The van der Waals surface area contributed by atoms with Crippen LogP contribution in [-0.4, -0.2) is 35.0 Å². The minimum absolute atomic E-state index is 0.252. The van der Waals surface area contributed by atoms with Crippen LogP contribution in [0.3, 0.4) is 0 Å². The molecular formula is C13H15N3O3. The van der Waals surface area contributed by atoms with Crippen LogP contribution in [0.25, 0.3) is 11.3 Å². The molecule has 2 aromatic rings. The van der Waals surface area contributed by atoms with Crippen molar-refractivity contribution in [2.75, 3.05) is 14.2 Å². The van der Waals surface area contributed by atoms with Gasteiger partial charge in [0.15, 0.2) is 5.69 Å². The van der Waals surface area contributed by atoms with E-state index in [1.54, 1.807) is 31.1 Å². The molecule has 0 saturated heterocycles. The van der Waals surface area contributed by atoms with Gasteiger partial charge in [0.1, 0.15) is 5.75 Å². The van der Waals surface area contributed by atoms with Crippen molar-refractivity contribution in [2.45, 2.75) is 6.92 Å². The maximum absolute atomic E-state index is 11.5. The van der Waals surface area contributed by atoms with Crippen molar-refractivity contribution in [3.8, 4) is 17.0 Å². The van der Waals surface area contributed by atoms with Crippen LogP contribution in [0.1, 0.15) is 16.2 Å². The maximum atomic E-state index is 11.5. The largest absolute Gasteiger partial charge is 0.496 e. The summed E-state index contributed by atoms with van der Waals surface area (Å²) in [6.07, 6.45) is 1.70. The summed E-state index contributed by atoms with van der Waals surface area (Å²) in [6.45, 7) is 1.88. The fraction of sp³-hybridized carbons (Fsp3) is 0.308. The highest BCUT2D eigenvalue weighted by molar-refractivity contribution is 5.88. The number of aromatic nitrogens is 3. The summed E-state index contributed by atoms with van der Waals surface area (Å²) < 4.78 is 11.6. The SMILES string of the molecule is COC(=O)c1cc(-c2cnc(C)cc2OC)n(C)n1. The molecule has 6 nitrogen and oxygen atoms in total. The normalized spacial score (nSPS) is 10.3. The highest BCUT2D eigenvalue weighted by Crippen LogP contribution is 2.29. The number of hydrogen-bond acceptors (Lipinski definition) is 5. The molecule has 0 fully saturated rings. The monoisotopic (exact) mass is 261 g/mol. The van der Waals surface area contributed by atoms with Crippen LogP contribution in [-0.2, 0) is 11.8 Å². The van der Waals surface area contributed by atoms with E-state index in [-0.39, 0.29) is 5.69 Å². The third kappa shape index (κ3) is 2.42. The third-order valence-corrected chi connectivity index (χ3v) is 2.77. The summed E-state index contributed by atoms with van der Waals surface area (Å²) in [5, 5.41) is 4.11. The van der Waals surface area contributed by atoms with Crippen LogP contribution in [0.5, 0.6) is 5.75 Å². The lowest BCUT2D eigenvalue weighted by atomic mass is 10.1. The van der Waals surface area contributed by atoms with E-state index in [0.717, 1.165) is 17.0 Å². The molecular weight excluding hydrogens is 246 g/mol. The van der Waals surface area contributed by atoms with Gasteiger partial charge in [-0.1, -0.05) is 0 Å². The fourth-order valence-corrected chi connectivity index (χ4v) is 1.82. The van der Waals surface area contributed by atoms with Gasteiger partial charge in [0.25, 0.3) is 0 Å². The van der Waals surface area contributed by atoms with Gasteiger partial charge in [-0.15, -0.1) is 0 Å². The molecule has 0 aliphatic carbocycles. The average molecular weight is 261 g/mol. The number of rotatable bonds is 3. The molecule has 0 aliphatic rings. The van der Waals surface area contributed by atoms with Crippen LogP contribution in [0.4, 0.5) is 0 Å². The van der Waals surface area contributed by atoms with Gasteiger partial charge in [-0.25, -0.2) is 4.79 Å². The molecule has 0 aromatic carbocycles. The molecule has 100 valence electrons. The molecule has 2 heterocycles. The quantitative estimate of drug-likeness (QED) is 0.785. The van der Waals surface area contributed by atoms with Gasteiger partial charge in [-0.05, 0) is 13.0 Å². The molecule has 0 radical (unpaired) electrons. The van der Waals surface area contributed by atoms with Crippen molar-refractivity contribution < 1.29 is 14.3 Å². The zero-order chi connectivity index (χ0) is 14.0. The van der Waals surface area contributed by atoms with Crippen LogP contribution in [0.15, 0.2) is 18.3 Å². The molecule has 19 heavy (non-hydrogen) atoms. The molecule has 6 heteroatoms. The molecule has 0 amide bonds. The number of carbonyl (C=O) groups excluding carboxylic acids is 1. The van der Waals surface area contributed by atoms with Gasteiger partial charge >= 0.3 is 5.97 Å². The molecule has 0 unspecified atom stereocenters. The zero-order valence-electron chi connectivity index (χ0n) is 11.3. The molecule has 0 bridgehead atoms. The number of esters is 1. The minimum atomic E-state index is -0.471. The standard InChI is InChI=1S/C13H15N3O3/c1-8-5-12(18-3)9(7-14-8)11-6-10(13(17)19-4)15-16(11)2/h5-7H,1-4H3. The van der Waals surface area contributed by atoms with Gasteiger partial charge in [0, 0.05) is 25.0 Å². The molecule has 0 saturated carbocycles. The second-order valence-electron chi connectivity index (χ2n) is 4.06. The van der Waals surface area contributed by atoms with Crippen LogP contribution < -0.4 is 4.74 Å². The molecule has 0 N–H and O–H groups in total. The Morgan fingerprint density at radius 3 is 2.68 bits per heavy atom. The van der Waals surface area contributed by atoms with E-state index in [4.69, 9.17) is 4.74 Å². The Labute approximate surface area is 111 Å². The summed E-state index contributed by atoms with van der Waals surface area (Å²) in [7, 11) is 4.67. The van der Waals surface area contributed by atoms with Crippen molar-refractivity contribution in [3.05, 3.63) is 29.7 Å². The summed E-state index contributed by atoms with van der Waals surface area (Å²) in [5.41, 5.74) is 2.63. The number of aryl methyl sites for hydroxylation is 2. The summed E-state index contributed by atoms with van der Waals surface area (Å²) in [6, 6.07) is 3.49. The highest BCUT2D eigenvalue weighted by atomic mass is 16.5. The number of carbonyl (C=O) groups is 1. The van der Waals surface area contributed by atoms with Crippen LogP contribution in [0, 0.1) is 6.92 Å². The van der Waals surface area contributed by atoms with E-state index in [1.807, 2.05) is 13.0 Å². The van der Waals surface area contributed by atoms with Crippen LogP contribution >= 0.6 is 0 Å². The summed E-state index contributed by atoms with van der Waals surface area (Å²) in [4.78, 5) is 15.7. The topological polar surface area (TPSA) is 66.2 Å². The lowest BCUT2D eigenvalue weighted by Gasteiger charge is -2.08. The van der Waals surface area contributed by atoms with E-state index in [2.05, 4.69) is 14.8 Å². The lowest BCUT2D eigenvalue weighted by Crippen LogP contribution is -2.03. The molecule has 0 spiro atoms. The molecule has 0 atom stereocenters. The number of pyridine rings is 1. The van der Waals surface area contributed by atoms with Crippen molar-refractivity contribution in [2.24, 2.45) is 7.05 Å². The van der Waals surface area contributed by atoms with Gasteiger partial charge in [0.2, 0.25) is 0 Å². The fourth-order valence-electron chi connectivity index (χ4n) is 1.82. The molecule has 0 aliphatic heterocycles. The zero-order valence-corrected chi connectivity index (χ0v) is 11.3. The minimum Gasteiger partial charge on any atom is -0.496 e. The second-order valence-corrected chi connectivity index (χ2v) is 4.06. The van der Waals surface area contributed by atoms with E-state index >= 15 is 0 Å². The first-order valence-electron chi connectivity index (χ1n) is 5.70. The number of hydrogen-bond donors (Lipinski definition) is 0. The third-order valence-electron chi connectivity index (χ3n) is 2.77. The number of ether oxygens (including phenoxy) is 2. The Balaban J connectivity index is 2.53. The van der Waals surface area contributed by atoms with E-state index in [9.17, 15) is 4.79 Å². The summed E-state index contributed by atoms with van der Waals surface area (Å²) >= 11 is 0. The van der Waals surface area contributed by atoms with E-state index in [0.29, 0.717) is 5.75 Å². The van der Waals surface area contributed by atoms with E-state index < -0.39 is 5.97 Å². The smallest absolute Gasteiger partial charge is 0.358 e. The predicted octanol–water partition coefficient (Wildman–Crippen LogP) is 1.59. The Morgan fingerprint density at radius 1 is 1.32 bits per heavy atom. The number of methoxy groups -OCH3 is 2. The predicted molar refractivity (Wildman–Crippen MR) is 69.1 cm³/mol. The van der Waals surface area contributed by atoms with Gasteiger partial charge < -0.3 is 9.47 Å². The average Bonchev–Trinajstić information content (AvgIpc) is 2.79. The molecule has 2 aromatic heterocycles. The van der Waals surface area contributed by atoms with Crippen molar-refractivity contribution in [1.82, 2.24) is 14.8 Å². The van der Waals surface area contributed by atoms with E-state index in [1.165, 1.54) is 7.11 Å². The van der Waals surface area contributed by atoms with Crippen LogP contribution in [0.2, 0.25) is 0 Å². The molecule has 2 rings (SSSR count). The Morgan fingerprint density at radius 2 is 2.05 bits per heavy atom. The van der Waals surface area contributed by atoms with Gasteiger partial charge in [-0.2, -0.15) is 5.10 Å². The van der Waals surface area contributed by atoms with Gasteiger partial charge in [-0.3, -0.25) is 9.67 Å². The summed E-state index contributed by atoms with van der Waals surface area (Å²) in [5.74, 6) is 0.216. The van der Waals surface area contributed by atoms with Crippen molar-refractivity contribution in [3.63, 3.8) is 0 Å².